The predicted molar refractivity (Wildman–Crippen MR) is 112 cm³/mol. The van der Waals surface area contributed by atoms with Crippen LogP contribution in [0.1, 0.15) is 17.0 Å². The largest absolute Gasteiger partial charge is 0.358 e. The van der Waals surface area contributed by atoms with Crippen molar-refractivity contribution in [3.05, 3.63) is 76.0 Å². The zero-order chi connectivity index (χ0) is 18.4. The van der Waals surface area contributed by atoms with E-state index in [0.29, 0.717) is 5.69 Å². The Morgan fingerprint density at radius 3 is 2.75 bits per heavy atom. The van der Waals surface area contributed by atoms with Gasteiger partial charge in [0, 0.05) is 53.9 Å². The lowest BCUT2D eigenvalue weighted by atomic mass is 10.1. The van der Waals surface area contributed by atoms with Crippen LogP contribution in [-0.2, 0) is 13.0 Å². The van der Waals surface area contributed by atoms with Crippen molar-refractivity contribution in [2.75, 3.05) is 6.54 Å². The third kappa shape index (κ3) is 3.10. The summed E-state index contributed by atoms with van der Waals surface area (Å²) < 4.78 is 1.66. The number of nitrogens with one attached hydrogen (secondary N) is 2. The second kappa shape index (κ2) is 7.22. The van der Waals surface area contributed by atoms with E-state index in [2.05, 4.69) is 26.6 Å². The molecule has 0 amide bonds. The lowest BCUT2D eigenvalue weighted by Gasteiger charge is -2.12. The number of hydrogen-bond acceptors (Lipinski definition) is 4. The van der Waals surface area contributed by atoms with Gasteiger partial charge in [-0.25, -0.2) is 0 Å². The molecule has 2 N–H and O–H groups in total. The molecule has 0 unspecified atom stereocenters. The van der Waals surface area contributed by atoms with Crippen LogP contribution in [0.3, 0.4) is 0 Å². The van der Waals surface area contributed by atoms with Gasteiger partial charge in [-0.2, -0.15) is 10.2 Å². The molecule has 0 fully saturated rings. The van der Waals surface area contributed by atoms with Crippen LogP contribution >= 0.6 is 12.4 Å². The number of aryl methyl sites for hydroxylation is 1. The topological polar surface area (TPSA) is 75.6 Å². The van der Waals surface area contributed by atoms with E-state index in [9.17, 15) is 4.79 Å². The molecule has 1 aliphatic rings. The van der Waals surface area contributed by atoms with Crippen LogP contribution in [0.15, 0.2) is 53.5 Å². The van der Waals surface area contributed by atoms with Crippen molar-refractivity contribution < 1.29 is 0 Å². The molecule has 5 rings (SSSR count). The van der Waals surface area contributed by atoms with Crippen LogP contribution < -0.4 is 10.9 Å². The molecule has 1 aliphatic heterocycles. The first-order chi connectivity index (χ1) is 13.2. The minimum atomic E-state index is -0.0905. The Hall–Kier alpha value is -2.96. The van der Waals surface area contributed by atoms with E-state index in [-0.39, 0.29) is 18.0 Å². The second-order valence-corrected chi connectivity index (χ2v) is 6.92. The summed E-state index contributed by atoms with van der Waals surface area (Å²) in [5.41, 5.74) is 6.78. The third-order valence-corrected chi connectivity index (χ3v) is 5.12. The fraction of sp³-hybridized carbons (Fsp3) is 0.190. The van der Waals surface area contributed by atoms with E-state index in [1.54, 1.807) is 16.8 Å². The molecule has 0 atom stereocenters. The Morgan fingerprint density at radius 1 is 1.07 bits per heavy atom. The molecule has 0 aliphatic carbocycles. The van der Waals surface area contributed by atoms with Crippen LogP contribution in [0.2, 0.25) is 0 Å². The van der Waals surface area contributed by atoms with Crippen molar-refractivity contribution in [1.29, 1.82) is 0 Å². The Morgan fingerprint density at radius 2 is 1.96 bits per heavy atom. The number of hydrogen-bond donors (Lipinski definition) is 2. The molecule has 3 aromatic heterocycles. The van der Waals surface area contributed by atoms with Crippen molar-refractivity contribution >= 4 is 23.3 Å². The van der Waals surface area contributed by atoms with Gasteiger partial charge < -0.3 is 10.3 Å². The van der Waals surface area contributed by atoms with Gasteiger partial charge in [0.2, 0.25) is 0 Å². The summed E-state index contributed by atoms with van der Waals surface area (Å²) in [5.74, 6) is 0. The molecule has 4 aromatic rings. The Balaban J connectivity index is 0.00000192. The van der Waals surface area contributed by atoms with Gasteiger partial charge in [0.05, 0.1) is 17.1 Å². The SMILES string of the molecule is Cc1ccc(-c2ccn(-c3ccc4c5c([nH]c4c3)CCNC5)c(=O)c2)nn1.Cl. The predicted octanol–water partition coefficient (Wildman–Crippen LogP) is 3.15. The van der Waals surface area contributed by atoms with Crippen molar-refractivity contribution in [1.82, 2.24) is 25.1 Å². The van der Waals surface area contributed by atoms with Crippen molar-refractivity contribution in [2.45, 2.75) is 19.9 Å². The maximum Gasteiger partial charge on any atom is 0.255 e. The fourth-order valence-electron chi connectivity index (χ4n) is 3.70. The highest BCUT2D eigenvalue weighted by molar-refractivity contribution is 5.86. The van der Waals surface area contributed by atoms with Crippen LogP contribution in [0.25, 0.3) is 27.8 Å². The Bertz CT molecular complexity index is 1210. The number of aromatic nitrogens is 4. The lowest BCUT2D eigenvalue weighted by Crippen LogP contribution is -2.22. The number of nitrogens with zero attached hydrogens (tertiary/aromatic N) is 3. The van der Waals surface area contributed by atoms with Crippen LogP contribution in [0.5, 0.6) is 0 Å². The summed E-state index contributed by atoms with van der Waals surface area (Å²) in [6.45, 7) is 3.77. The molecule has 0 bridgehead atoms. The molecule has 4 heterocycles. The first kappa shape index (κ1) is 18.4. The van der Waals surface area contributed by atoms with E-state index in [1.165, 1.54) is 16.6 Å². The van der Waals surface area contributed by atoms with E-state index in [4.69, 9.17) is 0 Å². The molecule has 6 nitrogen and oxygen atoms in total. The monoisotopic (exact) mass is 393 g/mol. The van der Waals surface area contributed by atoms with Crippen molar-refractivity contribution in [3.63, 3.8) is 0 Å². The molecular weight excluding hydrogens is 374 g/mol. The number of H-pyrrole nitrogens is 1. The number of aromatic amines is 1. The molecular formula is C21H20ClN5O. The Kier molecular flexibility index (Phi) is 4.75. The minimum absolute atomic E-state index is 0. The number of fused-ring (bicyclic) bond motifs is 3. The van der Waals surface area contributed by atoms with Gasteiger partial charge in [0.15, 0.2) is 0 Å². The van der Waals surface area contributed by atoms with E-state index >= 15 is 0 Å². The quantitative estimate of drug-likeness (QED) is 0.548. The third-order valence-electron chi connectivity index (χ3n) is 5.12. The average Bonchev–Trinajstić information content (AvgIpc) is 3.06. The summed E-state index contributed by atoms with van der Waals surface area (Å²) in [4.78, 5) is 16.2. The molecule has 0 saturated carbocycles. The standard InChI is InChI=1S/C21H19N5O.ClH/c1-13-2-5-18(25-24-13)14-7-9-26(21(27)10-14)15-3-4-16-17-12-22-8-6-19(17)23-20(16)11-15;/h2-5,7,9-11,22-23H,6,8,12H2,1H3;1H. The van der Waals surface area contributed by atoms with E-state index < -0.39 is 0 Å². The number of rotatable bonds is 2. The van der Waals surface area contributed by atoms with Crippen molar-refractivity contribution in [3.8, 4) is 16.9 Å². The number of pyridine rings is 1. The number of benzene rings is 1. The summed E-state index contributed by atoms with van der Waals surface area (Å²) in [5, 5.41) is 12.9. The maximum atomic E-state index is 12.7. The molecule has 1 aromatic carbocycles. The van der Waals surface area contributed by atoms with E-state index in [1.807, 2.05) is 37.3 Å². The van der Waals surface area contributed by atoms with Gasteiger partial charge in [-0.1, -0.05) is 6.07 Å². The molecule has 142 valence electrons. The number of halogens is 1. The lowest BCUT2D eigenvalue weighted by molar-refractivity contribution is 0.641. The van der Waals surface area contributed by atoms with E-state index in [0.717, 1.165) is 42.0 Å². The second-order valence-electron chi connectivity index (χ2n) is 6.92. The van der Waals surface area contributed by atoms with Crippen LogP contribution in [0.4, 0.5) is 0 Å². The van der Waals surface area contributed by atoms with Crippen LogP contribution in [0, 0.1) is 6.92 Å². The summed E-state index contributed by atoms with van der Waals surface area (Å²) in [6, 6.07) is 13.4. The summed E-state index contributed by atoms with van der Waals surface area (Å²) >= 11 is 0. The van der Waals surface area contributed by atoms with Crippen molar-refractivity contribution in [2.24, 2.45) is 0 Å². The average molecular weight is 394 g/mol. The van der Waals surface area contributed by atoms with Gasteiger partial charge in [-0.3, -0.25) is 9.36 Å². The zero-order valence-electron chi connectivity index (χ0n) is 15.4. The van der Waals surface area contributed by atoms with Gasteiger partial charge >= 0.3 is 0 Å². The summed E-state index contributed by atoms with van der Waals surface area (Å²) in [6.07, 6.45) is 2.80. The normalized spacial score (nSPS) is 13.2. The molecule has 0 radical (unpaired) electrons. The molecule has 28 heavy (non-hydrogen) atoms. The first-order valence-electron chi connectivity index (χ1n) is 9.07. The van der Waals surface area contributed by atoms with Crippen LogP contribution in [-0.4, -0.2) is 26.3 Å². The zero-order valence-corrected chi connectivity index (χ0v) is 16.2. The van der Waals surface area contributed by atoms with Gasteiger partial charge in [-0.05, 0) is 42.8 Å². The highest BCUT2D eigenvalue weighted by atomic mass is 35.5. The maximum absolute atomic E-state index is 12.7. The first-order valence-corrected chi connectivity index (χ1v) is 9.07. The highest BCUT2D eigenvalue weighted by Crippen LogP contribution is 2.26. The highest BCUT2D eigenvalue weighted by Gasteiger charge is 2.15. The molecule has 7 heteroatoms. The van der Waals surface area contributed by atoms with Gasteiger partial charge in [0.25, 0.3) is 5.56 Å². The molecule has 0 saturated heterocycles. The Labute approximate surface area is 168 Å². The molecule has 0 spiro atoms. The summed E-state index contributed by atoms with van der Waals surface area (Å²) in [7, 11) is 0. The smallest absolute Gasteiger partial charge is 0.255 e. The van der Waals surface area contributed by atoms with Gasteiger partial charge in [-0.15, -0.1) is 12.4 Å². The van der Waals surface area contributed by atoms with Gasteiger partial charge in [0.1, 0.15) is 0 Å². The fourth-order valence-corrected chi connectivity index (χ4v) is 3.70. The minimum Gasteiger partial charge on any atom is -0.358 e.